The van der Waals surface area contributed by atoms with E-state index in [4.69, 9.17) is 9.47 Å². The van der Waals surface area contributed by atoms with Crippen molar-refractivity contribution in [1.29, 1.82) is 0 Å². The van der Waals surface area contributed by atoms with Crippen LogP contribution in [0.5, 0.6) is 11.5 Å². The van der Waals surface area contributed by atoms with Gasteiger partial charge in [-0.05, 0) is 49.2 Å². The minimum atomic E-state index is -0.663. The minimum Gasteiger partial charge on any atom is -0.493 e. The summed E-state index contributed by atoms with van der Waals surface area (Å²) in [6.07, 6.45) is 4.15. The Morgan fingerprint density at radius 3 is 2.38 bits per heavy atom. The van der Waals surface area contributed by atoms with Gasteiger partial charge in [-0.1, -0.05) is 33.8 Å². The van der Waals surface area contributed by atoms with Crippen molar-refractivity contribution in [3.63, 3.8) is 0 Å². The maximum absolute atomic E-state index is 13.5. The first kappa shape index (κ1) is 30.7. The number of halogens is 2. The maximum Gasteiger partial charge on any atom is 0.258 e. The summed E-state index contributed by atoms with van der Waals surface area (Å²) < 4.78 is 38.6. The van der Waals surface area contributed by atoms with Crippen LogP contribution in [-0.2, 0) is 6.42 Å². The van der Waals surface area contributed by atoms with Crippen LogP contribution in [0, 0.1) is 17.6 Å². The second kappa shape index (κ2) is 15.1. The van der Waals surface area contributed by atoms with Crippen LogP contribution in [0.25, 0.3) is 22.2 Å². The van der Waals surface area contributed by atoms with Gasteiger partial charge in [0.15, 0.2) is 11.5 Å². The number of ether oxygens (including phenoxy) is 2. The van der Waals surface area contributed by atoms with Gasteiger partial charge in [0.2, 0.25) is 0 Å². The number of piperidine rings is 1. The summed E-state index contributed by atoms with van der Waals surface area (Å²) in [6.45, 7) is 10.5. The minimum absolute atomic E-state index is 0.281. The quantitative estimate of drug-likeness (QED) is 0.280. The predicted octanol–water partition coefficient (Wildman–Crippen LogP) is 6.29. The summed E-state index contributed by atoms with van der Waals surface area (Å²) in [7, 11) is 1.54. The number of nitrogens with zero attached hydrogens (tertiary/aromatic N) is 2. The third-order valence-corrected chi connectivity index (χ3v) is 6.27. The van der Waals surface area contributed by atoms with E-state index in [-0.39, 0.29) is 5.56 Å². The Morgan fingerprint density at radius 2 is 1.75 bits per heavy atom. The molecule has 1 fully saturated rings. The summed E-state index contributed by atoms with van der Waals surface area (Å²) >= 11 is 0. The zero-order chi connectivity index (χ0) is 29.1. The monoisotopic (exact) mass is 552 g/mol. The van der Waals surface area contributed by atoms with Crippen molar-refractivity contribution in [3.8, 4) is 22.8 Å². The molecule has 9 heteroatoms. The second-order valence-electron chi connectivity index (χ2n) is 8.94. The molecule has 2 aromatic heterocycles. The lowest BCUT2D eigenvalue weighted by molar-refractivity contribution is 0.211. The van der Waals surface area contributed by atoms with Crippen LogP contribution in [0.4, 0.5) is 8.78 Å². The molecule has 0 spiro atoms. The molecule has 3 heterocycles. The average Bonchev–Trinajstić information content (AvgIpc) is 2.98. The van der Waals surface area contributed by atoms with Crippen molar-refractivity contribution in [2.24, 2.45) is 5.92 Å². The number of nitrogens with one attached hydrogen (secondary N) is 2. The number of fused-ring (bicyclic) bond motifs is 1. The molecule has 214 valence electrons. The molecule has 7 nitrogen and oxygen atoms in total. The standard InChI is InChI=1S/C27H26F2N4O3.2C2H6/c1-35-24-11-21-23(12-25(24)36-15-17-3-2-6-30-13-17)32-26(33-27(21)34)7-16-4-5-22(31-14-16)18-8-19(28)10-20(29)9-18;2*1-2/h4-5,8-12,14,17,30H,2-3,6-7,13,15H2,1H3,(H,32,33,34);2*1-2H3. The molecule has 1 aliphatic rings. The van der Waals surface area contributed by atoms with Crippen molar-refractivity contribution in [2.45, 2.75) is 47.0 Å². The van der Waals surface area contributed by atoms with Crippen molar-refractivity contribution < 1.29 is 18.3 Å². The maximum atomic E-state index is 13.5. The van der Waals surface area contributed by atoms with E-state index >= 15 is 0 Å². The molecule has 2 N–H and O–H groups in total. The van der Waals surface area contributed by atoms with E-state index < -0.39 is 11.6 Å². The topological polar surface area (TPSA) is 89.1 Å². The Balaban J connectivity index is 0.00000106. The van der Waals surface area contributed by atoms with Gasteiger partial charge in [-0.2, -0.15) is 0 Å². The SMILES string of the molecule is CC.CC.COc1cc2c(=O)[nH]c(Cc3ccc(-c4cc(F)cc(F)c4)nc3)nc2cc1OCC1CCCNC1. The number of aromatic nitrogens is 3. The van der Waals surface area contributed by atoms with Crippen molar-refractivity contribution >= 4 is 10.9 Å². The van der Waals surface area contributed by atoms with Crippen molar-refractivity contribution in [1.82, 2.24) is 20.3 Å². The molecule has 0 bridgehead atoms. The number of methoxy groups -OCH3 is 1. The third-order valence-electron chi connectivity index (χ3n) is 6.27. The second-order valence-corrected chi connectivity index (χ2v) is 8.94. The fourth-order valence-corrected chi connectivity index (χ4v) is 4.42. The first-order chi connectivity index (χ1) is 19.5. The molecular formula is C31H38F2N4O3. The van der Waals surface area contributed by atoms with Crippen LogP contribution in [0.2, 0.25) is 0 Å². The number of H-pyrrole nitrogens is 1. The Kier molecular flexibility index (Phi) is 11.6. The van der Waals surface area contributed by atoms with Crippen LogP contribution >= 0.6 is 0 Å². The largest absolute Gasteiger partial charge is 0.493 e. The van der Waals surface area contributed by atoms with E-state index in [1.165, 1.54) is 12.1 Å². The first-order valence-corrected chi connectivity index (χ1v) is 13.8. The number of rotatable bonds is 7. The number of benzene rings is 2. The first-order valence-electron chi connectivity index (χ1n) is 13.8. The van der Waals surface area contributed by atoms with Gasteiger partial charge in [-0.3, -0.25) is 9.78 Å². The predicted molar refractivity (Wildman–Crippen MR) is 155 cm³/mol. The van der Waals surface area contributed by atoms with Crippen LogP contribution in [0.15, 0.2) is 53.5 Å². The highest BCUT2D eigenvalue weighted by atomic mass is 19.1. The summed E-state index contributed by atoms with van der Waals surface area (Å²) in [5, 5.41) is 3.78. The lowest BCUT2D eigenvalue weighted by Crippen LogP contribution is -2.33. The van der Waals surface area contributed by atoms with E-state index in [2.05, 4.69) is 20.3 Å². The van der Waals surface area contributed by atoms with Gasteiger partial charge < -0.3 is 19.8 Å². The molecule has 2 aromatic carbocycles. The molecule has 4 aromatic rings. The van der Waals surface area contributed by atoms with Gasteiger partial charge in [-0.15, -0.1) is 0 Å². The molecule has 0 radical (unpaired) electrons. The van der Waals surface area contributed by atoms with E-state index in [9.17, 15) is 13.6 Å². The smallest absolute Gasteiger partial charge is 0.258 e. The van der Waals surface area contributed by atoms with Gasteiger partial charge in [-0.25, -0.2) is 13.8 Å². The molecular weight excluding hydrogens is 514 g/mol. The Labute approximate surface area is 234 Å². The van der Waals surface area contributed by atoms with Crippen LogP contribution in [0.1, 0.15) is 51.9 Å². The normalized spacial score (nSPS) is 14.4. The summed E-state index contributed by atoms with van der Waals surface area (Å²) in [4.78, 5) is 24.6. The zero-order valence-corrected chi connectivity index (χ0v) is 23.8. The number of hydrogen-bond acceptors (Lipinski definition) is 6. The Bertz CT molecular complexity index is 1420. The van der Waals surface area contributed by atoms with E-state index in [1.54, 1.807) is 37.6 Å². The molecule has 5 rings (SSSR count). The molecule has 1 unspecified atom stereocenters. The van der Waals surface area contributed by atoms with Crippen LogP contribution in [-0.4, -0.2) is 41.8 Å². The molecule has 0 amide bonds. The molecule has 1 aliphatic heterocycles. The Hall–Kier alpha value is -3.85. The Morgan fingerprint density at radius 1 is 1.00 bits per heavy atom. The van der Waals surface area contributed by atoms with Gasteiger partial charge in [0, 0.05) is 42.8 Å². The molecule has 0 aliphatic carbocycles. The van der Waals surface area contributed by atoms with Crippen LogP contribution in [0.3, 0.4) is 0 Å². The summed E-state index contributed by atoms with van der Waals surface area (Å²) in [5.41, 5.74) is 1.80. The highest BCUT2D eigenvalue weighted by Crippen LogP contribution is 2.31. The molecule has 40 heavy (non-hydrogen) atoms. The lowest BCUT2D eigenvalue weighted by Gasteiger charge is -2.23. The lowest BCUT2D eigenvalue weighted by atomic mass is 10.0. The van der Waals surface area contributed by atoms with Gasteiger partial charge in [0.25, 0.3) is 5.56 Å². The fraction of sp³-hybridized carbons (Fsp3) is 0.387. The van der Waals surface area contributed by atoms with Gasteiger partial charge in [0.1, 0.15) is 17.5 Å². The fourth-order valence-electron chi connectivity index (χ4n) is 4.42. The van der Waals surface area contributed by atoms with Gasteiger partial charge >= 0.3 is 0 Å². The van der Waals surface area contributed by atoms with E-state index in [0.29, 0.717) is 58.4 Å². The summed E-state index contributed by atoms with van der Waals surface area (Å²) in [5.74, 6) is 0.592. The molecule has 1 atom stereocenters. The summed E-state index contributed by atoms with van der Waals surface area (Å²) in [6, 6.07) is 10.1. The van der Waals surface area contributed by atoms with Gasteiger partial charge in [0.05, 0.1) is 30.3 Å². The molecule has 0 saturated carbocycles. The number of pyridine rings is 1. The third kappa shape index (κ3) is 7.85. The van der Waals surface area contributed by atoms with Crippen molar-refractivity contribution in [2.75, 3.05) is 26.8 Å². The average molecular weight is 553 g/mol. The molecule has 1 saturated heterocycles. The zero-order valence-electron chi connectivity index (χ0n) is 23.8. The number of aromatic amines is 1. The highest BCUT2D eigenvalue weighted by molar-refractivity contribution is 5.81. The van der Waals surface area contributed by atoms with E-state index in [0.717, 1.165) is 37.6 Å². The van der Waals surface area contributed by atoms with Crippen LogP contribution < -0.4 is 20.3 Å². The van der Waals surface area contributed by atoms with Crippen molar-refractivity contribution in [3.05, 3.63) is 82.0 Å². The highest BCUT2D eigenvalue weighted by Gasteiger charge is 2.17. The van der Waals surface area contributed by atoms with E-state index in [1.807, 2.05) is 27.7 Å². The number of hydrogen-bond donors (Lipinski definition) is 2.